The van der Waals surface area contributed by atoms with Crippen molar-refractivity contribution in [2.45, 2.75) is 0 Å². The van der Waals surface area contributed by atoms with Crippen LogP contribution in [0.25, 0.3) is 94.3 Å². The zero-order chi connectivity index (χ0) is 38.7. The van der Waals surface area contributed by atoms with Crippen LogP contribution in [0.15, 0.2) is 201 Å². The van der Waals surface area contributed by atoms with Gasteiger partial charge in [-0.1, -0.05) is 165 Å². The predicted molar refractivity (Wildman–Crippen MR) is 236 cm³/mol. The van der Waals surface area contributed by atoms with Gasteiger partial charge in [0, 0.05) is 33.2 Å². The van der Waals surface area contributed by atoms with Crippen LogP contribution in [0.5, 0.6) is 0 Å². The smallest absolute Gasteiger partial charge is 0.188 e. The van der Waals surface area contributed by atoms with Gasteiger partial charge in [0.05, 0.1) is 23.3 Å². The highest BCUT2D eigenvalue weighted by atomic mass is 15.0. The molecule has 57 heavy (non-hydrogen) atoms. The minimum atomic E-state index is 0.547. The van der Waals surface area contributed by atoms with E-state index in [4.69, 9.17) is 21.5 Å². The number of aromatic nitrogens is 4. The second-order valence-electron chi connectivity index (χ2n) is 13.6. The number of benzene rings is 7. The first kappa shape index (κ1) is 34.8. The molecule has 0 aliphatic rings. The van der Waals surface area contributed by atoms with Crippen LogP contribution < -0.4 is 0 Å². The molecule has 5 nitrogen and oxygen atoms in total. The molecule has 2 aromatic heterocycles. The summed E-state index contributed by atoms with van der Waals surface area (Å²) in [5.74, 6) is 1.72. The normalized spacial score (nSPS) is 11.4. The second-order valence-corrected chi connectivity index (χ2v) is 13.6. The molecule has 0 saturated carbocycles. The third kappa shape index (κ3) is 6.52. The van der Waals surface area contributed by atoms with Crippen molar-refractivity contribution in [3.63, 3.8) is 0 Å². The lowest BCUT2D eigenvalue weighted by molar-refractivity contribution is 1.07. The van der Waals surface area contributed by atoms with Crippen molar-refractivity contribution in [2.75, 3.05) is 0 Å². The lowest BCUT2D eigenvalue weighted by Crippen LogP contribution is -2.05. The Morgan fingerprint density at radius 2 is 1.02 bits per heavy atom. The van der Waals surface area contributed by atoms with Gasteiger partial charge in [0.1, 0.15) is 0 Å². The van der Waals surface area contributed by atoms with E-state index >= 15 is 0 Å². The standard InChI is InChI=1S/C52H35N5/c1-4-18-35(5-2)43-32-41(52-55-50(38-23-14-8-15-24-38)54-51(56-52)39-25-16-9-17-26-39)33-44(37-21-12-7-13-22-37)49(43)57-47-29-27-40(36-19-10-6-11-20-36)31-45(47)46-34-42(53-3)28-30-48(46)57/h4-34H,1-2H2/b35-18+. The monoisotopic (exact) mass is 729 g/mol. The Labute approximate surface area is 331 Å². The van der Waals surface area contributed by atoms with Crippen molar-refractivity contribution >= 4 is 33.1 Å². The van der Waals surface area contributed by atoms with Gasteiger partial charge >= 0.3 is 0 Å². The SMILES string of the molecule is [C-]#[N+]c1ccc2c(c1)c1cc(-c3ccccc3)ccc1n2-c1c(/C(C=C)=C/C=C)cc(-c2nc(-c3ccccc3)nc(-c3ccccc3)n2)cc1-c1ccccc1. The first-order valence-electron chi connectivity index (χ1n) is 18.7. The van der Waals surface area contributed by atoms with Crippen LogP contribution in [0.2, 0.25) is 0 Å². The summed E-state index contributed by atoms with van der Waals surface area (Å²) in [5, 5.41) is 2.05. The summed E-state index contributed by atoms with van der Waals surface area (Å²) in [4.78, 5) is 19.1. The Balaban J connectivity index is 1.40. The Hall–Kier alpha value is -7.94. The van der Waals surface area contributed by atoms with Crippen LogP contribution in [0.3, 0.4) is 0 Å². The largest absolute Gasteiger partial charge is 0.308 e. The van der Waals surface area contributed by atoms with E-state index < -0.39 is 0 Å². The summed E-state index contributed by atoms with van der Waals surface area (Å²) in [6, 6.07) is 57.7. The van der Waals surface area contributed by atoms with Crippen molar-refractivity contribution < 1.29 is 0 Å². The molecule has 0 atom stereocenters. The van der Waals surface area contributed by atoms with E-state index in [9.17, 15) is 0 Å². The van der Waals surface area contributed by atoms with Crippen molar-refractivity contribution in [2.24, 2.45) is 0 Å². The van der Waals surface area contributed by atoms with Gasteiger partial charge in [0.25, 0.3) is 0 Å². The van der Waals surface area contributed by atoms with Crippen LogP contribution >= 0.6 is 0 Å². The number of nitrogens with zero attached hydrogens (tertiary/aromatic N) is 5. The lowest BCUT2D eigenvalue weighted by Gasteiger charge is -2.21. The highest BCUT2D eigenvalue weighted by Gasteiger charge is 2.23. The quantitative estimate of drug-likeness (QED) is 0.110. The van der Waals surface area contributed by atoms with Crippen molar-refractivity contribution in [1.82, 2.24) is 19.5 Å². The van der Waals surface area contributed by atoms with Crippen LogP contribution in [0, 0.1) is 6.57 Å². The van der Waals surface area contributed by atoms with E-state index in [1.165, 1.54) is 0 Å². The van der Waals surface area contributed by atoms with E-state index in [-0.39, 0.29) is 0 Å². The summed E-state index contributed by atoms with van der Waals surface area (Å²) in [7, 11) is 0. The maximum absolute atomic E-state index is 7.90. The third-order valence-corrected chi connectivity index (χ3v) is 10.2. The molecule has 0 unspecified atom stereocenters. The molecule has 0 aliphatic heterocycles. The Kier molecular flexibility index (Phi) is 9.20. The van der Waals surface area contributed by atoms with E-state index in [0.29, 0.717) is 23.2 Å². The fraction of sp³-hybridized carbons (Fsp3) is 0. The Morgan fingerprint density at radius 1 is 0.509 bits per heavy atom. The molecule has 2 heterocycles. The van der Waals surface area contributed by atoms with Crippen LogP contribution in [0.1, 0.15) is 5.56 Å². The van der Waals surface area contributed by atoms with E-state index in [0.717, 1.165) is 77.6 Å². The van der Waals surface area contributed by atoms with Gasteiger partial charge in [-0.15, -0.1) is 0 Å². The maximum atomic E-state index is 7.90. The summed E-state index contributed by atoms with van der Waals surface area (Å²) < 4.78 is 2.33. The molecule has 0 spiro atoms. The Morgan fingerprint density at radius 3 is 1.56 bits per heavy atom. The molecule has 9 aromatic rings. The van der Waals surface area contributed by atoms with E-state index in [2.05, 4.69) is 107 Å². The zero-order valence-electron chi connectivity index (χ0n) is 31.0. The molecule has 0 saturated heterocycles. The Bertz CT molecular complexity index is 2970. The molecule has 7 aromatic carbocycles. The number of fused-ring (bicyclic) bond motifs is 3. The van der Waals surface area contributed by atoms with Gasteiger partial charge in [-0.2, -0.15) is 0 Å². The van der Waals surface area contributed by atoms with Crippen molar-refractivity contribution in [1.29, 1.82) is 0 Å². The minimum absolute atomic E-state index is 0.547. The highest BCUT2D eigenvalue weighted by Crippen LogP contribution is 2.44. The van der Waals surface area contributed by atoms with Gasteiger partial charge < -0.3 is 4.57 Å². The minimum Gasteiger partial charge on any atom is -0.308 e. The summed E-state index contributed by atoms with van der Waals surface area (Å²) in [6.07, 6.45) is 5.65. The van der Waals surface area contributed by atoms with Gasteiger partial charge in [0.2, 0.25) is 0 Å². The second kappa shape index (κ2) is 15.1. The summed E-state index contributed by atoms with van der Waals surface area (Å²) in [6.45, 7) is 16.3. The van der Waals surface area contributed by atoms with Crippen LogP contribution in [-0.2, 0) is 0 Å². The van der Waals surface area contributed by atoms with E-state index in [1.807, 2.05) is 97.1 Å². The first-order valence-corrected chi connectivity index (χ1v) is 18.7. The van der Waals surface area contributed by atoms with Crippen molar-refractivity contribution in [3.05, 3.63) is 218 Å². The fourth-order valence-electron chi connectivity index (χ4n) is 7.53. The molecule has 0 amide bonds. The number of allylic oxidation sites excluding steroid dienone is 4. The average molecular weight is 730 g/mol. The maximum Gasteiger partial charge on any atom is 0.188 e. The molecular formula is C52H35N5. The number of hydrogen-bond donors (Lipinski definition) is 0. The van der Waals surface area contributed by atoms with Crippen molar-refractivity contribution in [3.8, 4) is 62.1 Å². The van der Waals surface area contributed by atoms with Gasteiger partial charge in [-0.3, -0.25) is 0 Å². The first-order chi connectivity index (χ1) is 28.1. The molecule has 0 N–H and O–H groups in total. The molecule has 0 aliphatic carbocycles. The average Bonchev–Trinajstić information content (AvgIpc) is 3.61. The van der Waals surface area contributed by atoms with Crippen LogP contribution in [0.4, 0.5) is 5.69 Å². The van der Waals surface area contributed by atoms with E-state index in [1.54, 1.807) is 6.08 Å². The molecule has 0 radical (unpaired) electrons. The number of hydrogen-bond acceptors (Lipinski definition) is 3. The lowest BCUT2D eigenvalue weighted by atomic mass is 9.92. The van der Waals surface area contributed by atoms with Gasteiger partial charge in [-0.05, 0) is 64.0 Å². The van der Waals surface area contributed by atoms with Gasteiger partial charge in [0.15, 0.2) is 23.2 Å². The van der Waals surface area contributed by atoms with Crippen LogP contribution in [-0.4, -0.2) is 19.5 Å². The summed E-state index contributed by atoms with van der Waals surface area (Å²) >= 11 is 0. The molecule has 9 rings (SSSR count). The fourth-order valence-corrected chi connectivity index (χ4v) is 7.53. The topological polar surface area (TPSA) is 48.0 Å². The third-order valence-electron chi connectivity index (χ3n) is 10.2. The number of rotatable bonds is 9. The zero-order valence-corrected chi connectivity index (χ0v) is 31.0. The molecule has 0 fully saturated rings. The molecule has 0 bridgehead atoms. The molecule has 268 valence electrons. The molecular weight excluding hydrogens is 695 g/mol. The molecule has 5 heteroatoms. The highest BCUT2D eigenvalue weighted by molar-refractivity contribution is 6.12. The predicted octanol–water partition coefficient (Wildman–Crippen LogP) is 13.6. The summed E-state index contributed by atoms with van der Waals surface area (Å²) in [5.41, 5.74) is 12.2. The van der Waals surface area contributed by atoms with Gasteiger partial charge in [-0.25, -0.2) is 19.8 Å².